The summed E-state index contributed by atoms with van der Waals surface area (Å²) in [7, 11) is 0. The number of carbonyl (C=O) groups excluding carboxylic acids is 1. The van der Waals surface area contributed by atoms with Gasteiger partial charge in [0.15, 0.2) is 5.65 Å². The lowest BCUT2D eigenvalue weighted by Crippen LogP contribution is -2.48. The topological polar surface area (TPSA) is 128 Å². The number of likely N-dealkylation sites (tertiary alicyclic amines) is 1. The van der Waals surface area contributed by atoms with Crippen molar-refractivity contribution in [1.82, 2.24) is 24.1 Å². The predicted molar refractivity (Wildman–Crippen MR) is 133 cm³/mol. The van der Waals surface area contributed by atoms with Crippen molar-refractivity contribution in [3.8, 4) is 16.8 Å². The minimum atomic E-state index is -0.869. The van der Waals surface area contributed by atoms with Crippen LogP contribution >= 0.6 is 15.9 Å². The van der Waals surface area contributed by atoms with Crippen molar-refractivity contribution in [2.75, 3.05) is 25.4 Å². The molecule has 1 unspecified atom stereocenters. The van der Waals surface area contributed by atoms with E-state index >= 15 is 0 Å². The molecule has 0 bridgehead atoms. The minimum Gasteiger partial charge on any atom is -0.394 e. The zero-order chi connectivity index (χ0) is 23.8. The molecule has 1 atom stereocenters. The third-order valence-electron chi connectivity index (χ3n) is 6.41. The van der Waals surface area contributed by atoms with Crippen LogP contribution in [0.1, 0.15) is 24.5 Å². The second-order valence-corrected chi connectivity index (χ2v) is 9.31. The molecule has 9 nitrogen and oxygen atoms in total. The molecular weight excluding hydrogens is 498 g/mol. The molecule has 1 aliphatic heterocycles. The van der Waals surface area contributed by atoms with Gasteiger partial charge in [0.2, 0.25) is 5.91 Å². The van der Waals surface area contributed by atoms with E-state index in [-0.39, 0.29) is 18.4 Å². The summed E-state index contributed by atoms with van der Waals surface area (Å²) in [6.45, 7) is 0.764. The number of nitrogens with two attached hydrogens (primary N) is 2. The average molecular weight is 524 g/mol. The number of benzene rings is 1. The molecule has 5 rings (SSSR count). The zero-order valence-corrected chi connectivity index (χ0v) is 20.1. The van der Waals surface area contributed by atoms with Gasteiger partial charge in [-0.05, 0) is 47.0 Å². The molecule has 1 fully saturated rings. The van der Waals surface area contributed by atoms with E-state index in [2.05, 4.69) is 43.9 Å². The van der Waals surface area contributed by atoms with E-state index in [1.165, 1.54) is 0 Å². The maximum atomic E-state index is 12.3. The highest BCUT2D eigenvalue weighted by Crippen LogP contribution is 2.37. The first-order valence-corrected chi connectivity index (χ1v) is 12.0. The highest BCUT2D eigenvalue weighted by atomic mass is 79.9. The molecule has 1 amide bonds. The van der Waals surface area contributed by atoms with Crippen LogP contribution in [-0.2, 0) is 4.79 Å². The third kappa shape index (κ3) is 3.97. The van der Waals surface area contributed by atoms with Gasteiger partial charge in [-0.25, -0.2) is 4.98 Å². The first-order chi connectivity index (χ1) is 16.5. The number of aliphatic hydroxyl groups is 1. The molecule has 0 saturated carbocycles. The van der Waals surface area contributed by atoms with Crippen LogP contribution in [-0.4, -0.2) is 60.8 Å². The molecule has 4 heterocycles. The molecule has 0 aliphatic carbocycles. The number of piperidine rings is 1. The normalized spacial score (nSPS) is 15.7. The number of hydrogen-bond acceptors (Lipinski definition) is 6. The van der Waals surface area contributed by atoms with Crippen LogP contribution < -0.4 is 11.5 Å². The summed E-state index contributed by atoms with van der Waals surface area (Å²) in [5, 5.41) is 13.7. The molecule has 4 aromatic rings. The highest BCUT2D eigenvalue weighted by Gasteiger charge is 2.30. The Morgan fingerprint density at radius 2 is 1.94 bits per heavy atom. The Kier molecular flexibility index (Phi) is 6.11. The maximum absolute atomic E-state index is 12.3. The smallest absolute Gasteiger partial charge is 0.241 e. The lowest BCUT2D eigenvalue weighted by Gasteiger charge is -2.33. The molecule has 34 heavy (non-hydrogen) atoms. The van der Waals surface area contributed by atoms with Gasteiger partial charge in [-0.15, -0.1) is 0 Å². The van der Waals surface area contributed by atoms with Crippen LogP contribution in [0.25, 0.3) is 22.5 Å². The van der Waals surface area contributed by atoms with Gasteiger partial charge in [0.25, 0.3) is 0 Å². The van der Waals surface area contributed by atoms with Gasteiger partial charge in [0.05, 0.1) is 23.0 Å². The first-order valence-electron chi connectivity index (χ1n) is 11.2. The average Bonchev–Trinajstić information content (AvgIpc) is 3.53. The number of anilines is 1. The van der Waals surface area contributed by atoms with E-state index in [0.717, 1.165) is 39.8 Å². The SMILES string of the molecule is Nc1c(Br)c(C2CCN(C(=O)C(N)CO)CC2)nc2c(-c3ccn(-c4ccccc4)c3)cnn12. The standard InChI is InChI=1S/C24H26BrN7O2/c25-20-21(15-6-9-30(10-7-15)24(34)19(26)14-33)29-23-18(12-28-32(23)22(20)27)16-8-11-31(13-16)17-4-2-1-3-5-17/h1-5,8,11-13,15,19,33H,6-7,9-10,14,26-27H2. The maximum Gasteiger partial charge on any atom is 0.241 e. The molecule has 176 valence electrons. The number of fused-ring (bicyclic) bond motifs is 1. The van der Waals surface area contributed by atoms with E-state index in [9.17, 15) is 9.90 Å². The number of hydrogen-bond donors (Lipinski definition) is 3. The Bertz CT molecular complexity index is 1330. The first kappa shape index (κ1) is 22.6. The summed E-state index contributed by atoms with van der Waals surface area (Å²) in [4.78, 5) is 19.0. The van der Waals surface area contributed by atoms with Gasteiger partial charge < -0.3 is 26.0 Å². The van der Waals surface area contributed by atoms with Gasteiger partial charge in [-0.1, -0.05) is 18.2 Å². The number of aromatic nitrogens is 4. The van der Waals surface area contributed by atoms with Gasteiger partial charge in [0.1, 0.15) is 11.9 Å². The van der Waals surface area contributed by atoms with Gasteiger partial charge in [-0.2, -0.15) is 9.61 Å². The Morgan fingerprint density at radius 3 is 2.65 bits per heavy atom. The number of rotatable bonds is 5. The van der Waals surface area contributed by atoms with Gasteiger partial charge in [0, 0.05) is 48.2 Å². The fourth-order valence-electron chi connectivity index (χ4n) is 4.49. The van der Waals surface area contributed by atoms with Crippen LogP contribution in [0.15, 0.2) is 59.5 Å². The predicted octanol–water partition coefficient (Wildman–Crippen LogP) is 2.56. The Labute approximate surface area is 205 Å². The molecule has 0 radical (unpaired) electrons. The van der Waals surface area contributed by atoms with Crippen LogP contribution in [0.4, 0.5) is 5.82 Å². The number of carbonyl (C=O) groups is 1. The third-order valence-corrected chi connectivity index (χ3v) is 7.23. The Hall–Kier alpha value is -3.21. The van der Waals surface area contributed by atoms with E-state index < -0.39 is 6.04 Å². The van der Waals surface area contributed by atoms with E-state index in [0.29, 0.717) is 24.6 Å². The summed E-state index contributed by atoms with van der Waals surface area (Å²) in [5.41, 5.74) is 16.7. The second kappa shape index (κ2) is 9.21. The van der Waals surface area contributed by atoms with E-state index in [1.54, 1.807) is 15.6 Å². The molecule has 10 heteroatoms. The Balaban J connectivity index is 1.45. The molecule has 1 aromatic carbocycles. The lowest BCUT2D eigenvalue weighted by atomic mass is 9.92. The zero-order valence-electron chi connectivity index (χ0n) is 18.5. The fraction of sp³-hybridized carbons (Fsp3) is 0.292. The number of nitrogens with zero attached hydrogens (tertiary/aromatic N) is 5. The quantitative estimate of drug-likeness (QED) is 0.368. The summed E-state index contributed by atoms with van der Waals surface area (Å²) in [6, 6.07) is 11.3. The van der Waals surface area contributed by atoms with E-state index in [4.69, 9.17) is 16.5 Å². The van der Waals surface area contributed by atoms with Crippen LogP contribution in [0.5, 0.6) is 0 Å². The Morgan fingerprint density at radius 1 is 1.21 bits per heavy atom. The van der Waals surface area contributed by atoms with Crippen molar-refractivity contribution in [3.63, 3.8) is 0 Å². The fourth-order valence-corrected chi connectivity index (χ4v) is 5.07. The molecule has 1 saturated heterocycles. The van der Waals surface area contributed by atoms with Crippen LogP contribution in [0, 0.1) is 0 Å². The van der Waals surface area contributed by atoms with Crippen molar-refractivity contribution >= 4 is 33.3 Å². The minimum absolute atomic E-state index is 0.132. The van der Waals surface area contributed by atoms with Gasteiger partial charge >= 0.3 is 0 Å². The summed E-state index contributed by atoms with van der Waals surface area (Å²) in [5.74, 6) is 0.409. The number of nitrogen functional groups attached to an aromatic ring is 1. The van der Waals surface area contributed by atoms with Crippen molar-refractivity contribution in [2.45, 2.75) is 24.8 Å². The van der Waals surface area contributed by atoms with Crippen molar-refractivity contribution in [2.24, 2.45) is 5.73 Å². The number of halogens is 1. The van der Waals surface area contributed by atoms with Crippen LogP contribution in [0.2, 0.25) is 0 Å². The van der Waals surface area contributed by atoms with Gasteiger partial charge in [-0.3, -0.25) is 4.79 Å². The molecule has 5 N–H and O–H groups in total. The van der Waals surface area contributed by atoms with Crippen LogP contribution in [0.3, 0.4) is 0 Å². The number of amides is 1. The monoisotopic (exact) mass is 523 g/mol. The summed E-state index contributed by atoms with van der Waals surface area (Å²) >= 11 is 3.63. The van der Waals surface area contributed by atoms with Crippen molar-refractivity contribution in [1.29, 1.82) is 0 Å². The number of para-hydroxylation sites is 1. The highest BCUT2D eigenvalue weighted by molar-refractivity contribution is 9.10. The summed E-state index contributed by atoms with van der Waals surface area (Å²) < 4.78 is 4.45. The van der Waals surface area contributed by atoms with Crippen molar-refractivity contribution < 1.29 is 9.90 Å². The molecule has 3 aromatic heterocycles. The van der Waals surface area contributed by atoms with E-state index in [1.807, 2.05) is 30.5 Å². The number of aliphatic hydroxyl groups excluding tert-OH is 1. The lowest BCUT2D eigenvalue weighted by molar-refractivity contribution is -0.134. The second-order valence-electron chi connectivity index (χ2n) is 8.52. The summed E-state index contributed by atoms with van der Waals surface area (Å²) in [6.07, 6.45) is 7.33. The molecule has 1 aliphatic rings. The molecular formula is C24H26BrN7O2. The largest absolute Gasteiger partial charge is 0.394 e. The van der Waals surface area contributed by atoms with Crippen molar-refractivity contribution in [3.05, 3.63) is 65.2 Å². The molecule has 0 spiro atoms.